The summed E-state index contributed by atoms with van der Waals surface area (Å²) < 4.78 is 9.35. The van der Waals surface area contributed by atoms with Crippen LogP contribution in [0.1, 0.15) is 103 Å². The van der Waals surface area contributed by atoms with Crippen molar-refractivity contribution < 1.29 is 4.42 Å². The fourth-order valence-electron chi connectivity index (χ4n) is 10.6. The Morgan fingerprint density at radius 1 is 0.710 bits per heavy atom. The molecule has 0 saturated carbocycles. The Balaban J connectivity index is 1.12. The largest absolute Gasteiger partial charge is 0.460 e. The third-order valence-electron chi connectivity index (χ3n) is 13.4. The van der Waals surface area contributed by atoms with Crippen LogP contribution in [0.5, 0.6) is 0 Å². The number of aromatic nitrogens is 1. The third kappa shape index (κ3) is 6.32. The zero-order valence-corrected chi connectivity index (χ0v) is 34.8. The van der Waals surface area contributed by atoms with Crippen molar-refractivity contribution in [2.75, 3.05) is 0 Å². The fraction of sp³-hybridized carbons (Fsp3) is 0.211. The summed E-state index contributed by atoms with van der Waals surface area (Å²) in [4.78, 5) is 5.65. The monoisotopic (exact) mass is 804 g/mol. The van der Waals surface area contributed by atoms with Gasteiger partial charge in [-0.25, -0.2) is 4.99 Å². The summed E-state index contributed by atoms with van der Waals surface area (Å²) in [6, 6.07) is 34.6. The number of rotatable bonds is 7. The van der Waals surface area contributed by atoms with E-state index < -0.39 is 0 Å². The first-order chi connectivity index (χ1) is 30.8. The number of nitrogens with zero attached hydrogens (tertiary/aromatic N) is 2. The van der Waals surface area contributed by atoms with Gasteiger partial charge in [0.1, 0.15) is 29.5 Å². The molecule has 2 aromatic heterocycles. The summed E-state index contributed by atoms with van der Waals surface area (Å²) in [6.07, 6.45) is 37.1. The summed E-state index contributed by atoms with van der Waals surface area (Å²) in [5.41, 5.74) is 14.4. The standard InChI is InChI=1S/C57H48N4O/c1-5-18-37(19-6-1)42-28-17-29-43(38-20-7-2-8-21-38)52(42)41-32-34-49(47(36-41)57-59-55(39-22-9-3-10-23-39)58-56(60-57)40-24-11-4-12-25-40)61-48-30-15-13-26-44(48)45-33-35-51-53(54(45)61)46-27-14-16-31-50(46)62-51/h3-5,7,9-11,14,17-24,26-30,32-33,35-36,49,56-57,60H,1-2,6,8,13,15-16,31,34H2,(H,58,59). The van der Waals surface area contributed by atoms with Crippen molar-refractivity contribution in [2.45, 2.75) is 76.2 Å². The molecule has 5 aliphatic carbocycles. The molecular formula is C57H48N4O. The normalized spacial score (nSPS) is 21.6. The van der Waals surface area contributed by atoms with Gasteiger partial charge in [-0.15, -0.1) is 0 Å². The van der Waals surface area contributed by atoms with Crippen LogP contribution < -0.4 is 21.2 Å². The Hall–Kier alpha value is -6.87. The second-order valence-electron chi connectivity index (χ2n) is 17.2. The maximum atomic E-state index is 6.68. The quantitative estimate of drug-likeness (QED) is 0.169. The van der Waals surface area contributed by atoms with E-state index in [1.807, 2.05) is 12.1 Å². The number of amidine groups is 1. The molecule has 0 spiro atoms. The van der Waals surface area contributed by atoms with E-state index in [9.17, 15) is 0 Å². The topological polar surface area (TPSA) is 54.5 Å². The Labute approximate surface area is 363 Å². The van der Waals surface area contributed by atoms with Crippen LogP contribution in [-0.4, -0.2) is 16.6 Å². The van der Waals surface area contributed by atoms with E-state index in [0.717, 1.165) is 86.1 Å². The number of hydrogen-bond donors (Lipinski definition) is 2. The molecule has 5 heteroatoms. The van der Waals surface area contributed by atoms with Crippen molar-refractivity contribution in [1.29, 1.82) is 0 Å². The average Bonchev–Trinajstić information content (AvgIpc) is 3.90. The lowest BCUT2D eigenvalue weighted by atomic mass is 9.81. The van der Waals surface area contributed by atoms with Gasteiger partial charge in [0, 0.05) is 39.1 Å². The second-order valence-corrected chi connectivity index (χ2v) is 17.2. The van der Waals surface area contributed by atoms with Gasteiger partial charge in [0.25, 0.3) is 0 Å². The van der Waals surface area contributed by atoms with Crippen LogP contribution in [-0.2, 0) is 6.42 Å². The SMILES string of the molecule is c1cccc(C2NC(c3ccccc3)=NC(C3=CC(c4c(C5=CCCC=C5)cccc4C4=CCCC=C4)=CCC3n3c4c(c5ccc6oc7c(c6c53)C=CCC7)=CCCC=4)N2)c#1. The van der Waals surface area contributed by atoms with E-state index in [2.05, 4.69) is 167 Å². The number of aliphatic imine (C=N–C) groups is 1. The summed E-state index contributed by atoms with van der Waals surface area (Å²) in [6.45, 7) is 0. The molecule has 5 nitrogen and oxygen atoms in total. The lowest BCUT2D eigenvalue weighted by Crippen LogP contribution is -2.50. The Morgan fingerprint density at radius 2 is 1.50 bits per heavy atom. The minimum atomic E-state index is -0.366. The van der Waals surface area contributed by atoms with Crippen LogP contribution >= 0.6 is 0 Å². The molecule has 1 aliphatic heterocycles. The molecule has 6 aromatic rings. The van der Waals surface area contributed by atoms with E-state index in [4.69, 9.17) is 9.41 Å². The van der Waals surface area contributed by atoms with Crippen LogP contribution in [0.2, 0.25) is 0 Å². The predicted octanol–water partition coefficient (Wildman–Crippen LogP) is 11.4. The number of allylic oxidation sites excluding steroid dienone is 12. The van der Waals surface area contributed by atoms with Crippen molar-refractivity contribution in [1.82, 2.24) is 15.2 Å². The van der Waals surface area contributed by atoms with Gasteiger partial charge in [-0.3, -0.25) is 5.32 Å². The van der Waals surface area contributed by atoms with E-state index in [1.54, 1.807) is 0 Å². The third-order valence-corrected chi connectivity index (χ3v) is 13.4. The zero-order valence-electron chi connectivity index (χ0n) is 34.8. The summed E-state index contributed by atoms with van der Waals surface area (Å²) >= 11 is 0. The predicted molar refractivity (Wildman–Crippen MR) is 255 cm³/mol. The van der Waals surface area contributed by atoms with Gasteiger partial charge in [0.15, 0.2) is 0 Å². The maximum Gasteiger partial charge on any atom is 0.137 e. The Morgan fingerprint density at radius 3 is 2.27 bits per heavy atom. The van der Waals surface area contributed by atoms with Crippen LogP contribution in [0.15, 0.2) is 149 Å². The van der Waals surface area contributed by atoms with E-state index in [1.165, 1.54) is 71.4 Å². The molecular weight excluding hydrogens is 757 g/mol. The van der Waals surface area contributed by atoms with Crippen LogP contribution in [0, 0.1) is 12.1 Å². The number of fused-ring (bicyclic) bond motifs is 7. The number of hydrogen-bond acceptors (Lipinski definition) is 4. The molecule has 3 atom stereocenters. The van der Waals surface area contributed by atoms with Crippen LogP contribution in [0.3, 0.4) is 0 Å². The van der Waals surface area contributed by atoms with Crippen molar-refractivity contribution >= 4 is 62.7 Å². The molecule has 0 fully saturated rings. The molecule has 62 heavy (non-hydrogen) atoms. The number of benzene rings is 3. The minimum Gasteiger partial charge on any atom is -0.460 e. The molecule has 12 rings (SSSR count). The summed E-state index contributed by atoms with van der Waals surface area (Å²) in [7, 11) is 0. The molecule has 0 saturated heterocycles. The molecule has 302 valence electrons. The van der Waals surface area contributed by atoms with Gasteiger partial charge in [-0.2, -0.15) is 0 Å². The summed E-state index contributed by atoms with van der Waals surface area (Å²) in [5, 5.41) is 12.9. The van der Waals surface area contributed by atoms with E-state index in [0.29, 0.717) is 0 Å². The van der Waals surface area contributed by atoms with Gasteiger partial charge in [-0.05, 0) is 121 Å². The zero-order chi connectivity index (χ0) is 41.0. The molecule has 2 N–H and O–H groups in total. The van der Waals surface area contributed by atoms with Gasteiger partial charge in [0.2, 0.25) is 0 Å². The fourth-order valence-corrected chi connectivity index (χ4v) is 10.6. The van der Waals surface area contributed by atoms with Crippen molar-refractivity contribution in [3.8, 4) is 0 Å². The lowest BCUT2D eigenvalue weighted by Gasteiger charge is -2.37. The van der Waals surface area contributed by atoms with Crippen molar-refractivity contribution in [3.05, 3.63) is 201 Å². The van der Waals surface area contributed by atoms with Crippen molar-refractivity contribution in [3.63, 3.8) is 0 Å². The van der Waals surface area contributed by atoms with Crippen LogP contribution in [0.4, 0.5) is 0 Å². The highest BCUT2D eigenvalue weighted by molar-refractivity contribution is 6.09. The average molecular weight is 805 g/mol. The van der Waals surface area contributed by atoms with Crippen LogP contribution in [0.25, 0.3) is 56.8 Å². The van der Waals surface area contributed by atoms with Gasteiger partial charge < -0.3 is 14.3 Å². The van der Waals surface area contributed by atoms with Gasteiger partial charge >= 0.3 is 0 Å². The van der Waals surface area contributed by atoms with E-state index >= 15 is 0 Å². The molecule has 0 radical (unpaired) electrons. The molecule has 3 unspecified atom stereocenters. The lowest BCUT2D eigenvalue weighted by molar-refractivity contribution is 0.402. The molecule has 6 aliphatic rings. The summed E-state index contributed by atoms with van der Waals surface area (Å²) in [5.74, 6) is 1.95. The molecule has 0 bridgehead atoms. The molecule has 0 amide bonds. The first-order valence-electron chi connectivity index (χ1n) is 22.6. The molecule has 4 aromatic carbocycles. The number of nitrogens with one attached hydrogen (secondary N) is 2. The Bertz CT molecular complexity index is 3110. The number of furan rings is 1. The van der Waals surface area contributed by atoms with Crippen molar-refractivity contribution in [2.24, 2.45) is 4.99 Å². The first-order valence-corrected chi connectivity index (χ1v) is 22.6. The van der Waals surface area contributed by atoms with Gasteiger partial charge in [-0.1, -0.05) is 134 Å². The minimum absolute atomic E-state index is 0.0435. The second kappa shape index (κ2) is 15.5. The highest BCUT2D eigenvalue weighted by Gasteiger charge is 2.35. The number of aryl methyl sites for hydroxylation is 1. The highest BCUT2D eigenvalue weighted by Crippen LogP contribution is 2.44. The molecule has 3 heterocycles. The first kappa shape index (κ1) is 36.9. The van der Waals surface area contributed by atoms with E-state index in [-0.39, 0.29) is 18.4 Å². The smallest absolute Gasteiger partial charge is 0.137 e. The highest BCUT2D eigenvalue weighted by atomic mass is 16.3. The maximum absolute atomic E-state index is 6.68. The van der Waals surface area contributed by atoms with Gasteiger partial charge in [0.05, 0.1) is 16.9 Å². The Kier molecular flexibility index (Phi) is 9.26.